The second-order valence-electron chi connectivity index (χ2n) is 13.3. The number of benzene rings is 3. The third-order valence-electron chi connectivity index (χ3n) is 8.71. The van der Waals surface area contributed by atoms with Gasteiger partial charge in [0.05, 0.1) is 42.1 Å². The third kappa shape index (κ3) is 11.3. The predicted octanol–water partition coefficient (Wildman–Crippen LogP) is 4.49. The van der Waals surface area contributed by atoms with Gasteiger partial charge in [-0.1, -0.05) is 62.4 Å². The molecule has 1 aromatic heterocycles. The SMILES string of the molecule is CC(C)c1c(C(=O)Nc2ccccc2)c(-c2ccccc2)c(-c2ccc(F)cc2)n1CCC(O)CC(O)CC(=O)NCCC(O)CC(O)CC(=O)[OH2+]. The highest BCUT2D eigenvalue weighted by atomic mass is 19.1. The Balaban J connectivity index is 1.55. The van der Waals surface area contributed by atoms with Gasteiger partial charge in [0.25, 0.3) is 5.91 Å². The van der Waals surface area contributed by atoms with Crippen LogP contribution in [0.1, 0.15) is 74.3 Å². The second kappa shape index (κ2) is 19.1. The average molecular weight is 719 g/mol. The van der Waals surface area contributed by atoms with E-state index in [1.807, 2.05) is 66.9 Å². The summed E-state index contributed by atoms with van der Waals surface area (Å²) in [6, 6.07) is 24.7. The lowest BCUT2D eigenvalue weighted by atomic mass is 9.94. The van der Waals surface area contributed by atoms with Gasteiger partial charge >= 0.3 is 5.97 Å². The van der Waals surface area contributed by atoms with Crippen LogP contribution >= 0.6 is 0 Å². The molecular formula is C40H49FN3O8+. The predicted molar refractivity (Wildman–Crippen MR) is 197 cm³/mol. The minimum absolute atomic E-state index is 0.0680. The van der Waals surface area contributed by atoms with Crippen molar-refractivity contribution in [2.75, 3.05) is 11.9 Å². The number of amides is 2. The summed E-state index contributed by atoms with van der Waals surface area (Å²) in [4.78, 5) is 37.5. The van der Waals surface area contributed by atoms with Gasteiger partial charge in [0, 0.05) is 41.2 Å². The number of nitrogens with zero attached hydrogens (tertiary/aromatic N) is 1. The maximum Gasteiger partial charge on any atom is 0.518 e. The van der Waals surface area contributed by atoms with Gasteiger partial charge in [0.2, 0.25) is 5.91 Å². The molecule has 0 aliphatic rings. The van der Waals surface area contributed by atoms with Crippen molar-refractivity contribution in [3.63, 3.8) is 0 Å². The highest BCUT2D eigenvalue weighted by molar-refractivity contribution is 6.12. The summed E-state index contributed by atoms with van der Waals surface area (Å²) >= 11 is 0. The lowest BCUT2D eigenvalue weighted by Crippen LogP contribution is -2.32. The number of carbonyl (C=O) groups excluding carboxylic acids is 3. The van der Waals surface area contributed by atoms with Gasteiger partial charge in [0.1, 0.15) is 12.2 Å². The number of para-hydroxylation sites is 1. The van der Waals surface area contributed by atoms with Crippen LogP contribution in [0.3, 0.4) is 0 Å². The number of rotatable bonds is 19. The van der Waals surface area contributed by atoms with Crippen LogP contribution in [0.2, 0.25) is 0 Å². The summed E-state index contributed by atoms with van der Waals surface area (Å²) in [7, 11) is 0. The molecule has 11 nitrogen and oxygen atoms in total. The van der Waals surface area contributed by atoms with Crippen LogP contribution in [0, 0.1) is 5.82 Å². The molecule has 0 aliphatic heterocycles. The van der Waals surface area contributed by atoms with E-state index in [-0.39, 0.29) is 63.4 Å². The fraction of sp³-hybridized carbons (Fsp3) is 0.375. The van der Waals surface area contributed by atoms with Crippen LogP contribution in [0.5, 0.6) is 0 Å². The van der Waals surface area contributed by atoms with Crippen LogP contribution in [0.15, 0.2) is 84.9 Å². The van der Waals surface area contributed by atoms with E-state index >= 15 is 0 Å². The van der Waals surface area contributed by atoms with Crippen molar-refractivity contribution in [1.82, 2.24) is 9.88 Å². The van der Waals surface area contributed by atoms with Crippen molar-refractivity contribution in [1.29, 1.82) is 0 Å². The van der Waals surface area contributed by atoms with Crippen molar-refractivity contribution in [3.8, 4) is 22.4 Å². The van der Waals surface area contributed by atoms with Crippen LogP contribution in [-0.4, -0.2) is 78.8 Å². The Hall–Kier alpha value is -4.88. The summed E-state index contributed by atoms with van der Waals surface area (Å²) in [5, 5.41) is 54.0. The normalized spacial score (nSPS) is 13.7. The van der Waals surface area contributed by atoms with Gasteiger partial charge in [-0.25, -0.2) is 4.39 Å². The van der Waals surface area contributed by atoms with E-state index in [0.717, 1.165) is 11.3 Å². The first-order chi connectivity index (χ1) is 24.8. The van der Waals surface area contributed by atoms with E-state index in [0.29, 0.717) is 28.1 Å². The lowest BCUT2D eigenvalue weighted by molar-refractivity contribution is -0.139. The van der Waals surface area contributed by atoms with Crippen LogP contribution in [0.25, 0.3) is 22.4 Å². The Morgan fingerprint density at radius 1 is 0.750 bits per heavy atom. The fourth-order valence-electron chi connectivity index (χ4n) is 6.40. The minimum Gasteiger partial charge on any atom is -0.565 e. The number of halogens is 1. The van der Waals surface area contributed by atoms with E-state index < -0.39 is 42.1 Å². The van der Waals surface area contributed by atoms with Gasteiger partial charge in [-0.2, -0.15) is 0 Å². The average Bonchev–Trinajstić information content (AvgIpc) is 3.43. The maximum absolute atomic E-state index is 14.2. The zero-order valence-electron chi connectivity index (χ0n) is 29.5. The molecule has 4 unspecified atom stereocenters. The van der Waals surface area contributed by atoms with Gasteiger partial charge in [0.15, 0.2) is 0 Å². The highest BCUT2D eigenvalue weighted by Gasteiger charge is 2.31. The number of aliphatic hydroxyl groups is 4. The topological polar surface area (TPSA) is 184 Å². The van der Waals surface area contributed by atoms with E-state index in [1.54, 1.807) is 24.3 Å². The zero-order valence-corrected chi connectivity index (χ0v) is 29.5. The van der Waals surface area contributed by atoms with Gasteiger partial charge in [-0.05, 0) is 72.7 Å². The molecule has 4 aromatic rings. The number of carbonyl (C=O) groups is 3. The number of nitrogens with one attached hydrogen (secondary N) is 2. The zero-order chi connectivity index (χ0) is 37.8. The molecule has 0 saturated carbocycles. The van der Waals surface area contributed by atoms with E-state index in [2.05, 4.69) is 10.6 Å². The fourth-order valence-corrected chi connectivity index (χ4v) is 6.40. The quantitative estimate of drug-likeness (QED) is 0.0772. The molecule has 278 valence electrons. The summed E-state index contributed by atoms with van der Waals surface area (Å²) in [6.07, 6.45) is -4.90. The molecule has 12 heteroatoms. The van der Waals surface area contributed by atoms with Crippen molar-refractivity contribution >= 4 is 23.5 Å². The summed E-state index contributed by atoms with van der Waals surface area (Å²) in [6.45, 7) is 4.27. The molecule has 0 aliphatic carbocycles. The molecule has 0 saturated heterocycles. The first kappa shape index (κ1) is 39.9. The Morgan fingerprint density at radius 2 is 1.33 bits per heavy atom. The smallest absolute Gasteiger partial charge is 0.518 e. The Morgan fingerprint density at radius 3 is 1.92 bits per heavy atom. The van der Waals surface area contributed by atoms with Crippen molar-refractivity contribution in [2.24, 2.45) is 0 Å². The molecule has 2 amide bonds. The first-order valence-corrected chi connectivity index (χ1v) is 17.5. The van der Waals surface area contributed by atoms with Crippen LogP contribution in [-0.2, 0) is 16.1 Å². The molecule has 1 heterocycles. The monoisotopic (exact) mass is 718 g/mol. The standard InChI is InChI=1S/C40H48FN3O8/c1-25(2)38-37(40(52)43-29-11-7-4-8-12-29)36(26-9-5-3-6-10-26)39(27-13-15-28(41)16-14-27)44(38)20-18-31(46)22-32(47)23-34(49)42-19-17-30(45)21-33(48)24-35(50)51/h3-16,25,30-33,45-48H,17-24H2,1-2H3,(H,42,49)(H,43,52)(H,50,51)/p+1. The largest absolute Gasteiger partial charge is 0.565 e. The van der Waals surface area contributed by atoms with Crippen molar-refractivity contribution in [3.05, 3.63) is 102 Å². The molecular weight excluding hydrogens is 669 g/mol. The van der Waals surface area contributed by atoms with E-state index in [9.17, 15) is 39.2 Å². The number of aromatic nitrogens is 1. The lowest BCUT2D eigenvalue weighted by Gasteiger charge is -2.20. The third-order valence-corrected chi connectivity index (χ3v) is 8.71. The highest BCUT2D eigenvalue weighted by Crippen LogP contribution is 2.42. The van der Waals surface area contributed by atoms with Gasteiger partial charge in [-0.15, -0.1) is 0 Å². The molecule has 4 rings (SSSR count). The molecule has 0 fully saturated rings. The Labute approximate surface area is 302 Å². The molecule has 3 aromatic carbocycles. The van der Waals surface area contributed by atoms with Gasteiger partial charge < -0.3 is 40.7 Å². The van der Waals surface area contributed by atoms with Crippen molar-refractivity contribution < 1.29 is 44.3 Å². The van der Waals surface area contributed by atoms with Gasteiger partial charge in [-0.3, -0.25) is 9.59 Å². The van der Waals surface area contributed by atoms with E-state index in [4.69, 9.17) is 5.11 Å². The number of anilines is 1. The van der Waals surface area contributed by atoms with Crippen molar-refractivity contribution in [2.45, 2.75) is 89.3 Å². The molecule has 0 bridgehead atoms. The molecule has 0 radical (unpaired) electrons. The minimum atomic E-state index is -1.16. The van der Waals surface area contributed by atoms with E-state index in [1.165, 1.54) is 12.1 Å². The number of hydrogen-bond acceptors (Lipinski definition) is 7. The Bertz CT molecular complexity index is 1760. The number of hydrogen-bond donors (Lipinski definition) is 6. The molecule has 52 heavy (non-hydrogen) atoms. The Kier molecular flexibility index (Phi) is 14.7. The molecule has 8 N–H and O–H groups in total. The molecule has 0 spiro atoms. The first-order valence-electron chi connectivity index (χ1n) is 17.5. The second-order valence-corrected chi connectivity index (χ2v) is 13.3. The van der Waals surface area contributed by atoms with Crippen LogP contribution < -0.4 is 10.6 Å². The van der Waals surface area contributed by atoms with Crippen LogP contribution in [0.4, 0.5) is 10.1 Å². The molecule has 4 atom stereocenters. The summed E-state index contributed by atoms with van der Waals surface area (Å²) in [5.74, 6) is -2.29. The number of aliphatic hydroxyl groups excluding tert-OH is 4. The maximum atomic E-state index is 14.2. The summed E-state index contributed by atoms with van der Waals surface area (Å²) in [5.41, 5.74) is 4.62. The summed E-state index contributed by atoms with van der Waals surface area (Å²) < 4.78 is 16.2.